The molecule has 2 aromatic carbocycles. The fourth-order valence-electron chi connectivity index (χ4n) is 2.01. The van der Waals surface area contributed by atoms with Gasteiger partial charge in [0.15, 0.2) is 0 Å². The van der Waals surface area contributed by atoms with Crippen molar-refractivity contribution in [2.45, 2.75) is 13.5 Å². The van der Waals surface area contributed by atoms with Crippen molar-refractivity contribution in [2.75, 3.05) is 12.4 Å². The van der Waals surface area contributed by atoms with Crippen LogP contribution in [-0.4, -0.2) is 18.2 Å². The molecule has 0 aliphatic heterocycles. The first-order valence-electron chi connectivity index (χ1n) is 6.29. The molecular formula is C16H17NO3. The van der Waals surface area contributed by atoms with Gasteiger partial charge < -0.3 is 15.2 Å². The molecule has 0 aliphatic carbocycles. The maximum Gasteiger partial charge on any atom is 0.337 e. The summed E-state index contributed by atoms with van der Waals surface area (Å²) in [5.41, 5.74) is 3.72. The number of anilines is 2. The van der Waals surface area contributed by atoms with Crippen molar-refractivity contribution in [3.05, 3.63) is 59.2 Å². The summed E-state index contributed by atoms with van der Waals surface area (Å²) < 4.78 is 5.09. The number of ether oxygens (including phenoxy) is 1. The first-order valence-corrected chi connectivity index (χ1v) is 6.29. The molecule has 4 heteroatoms. The molecule has 0 saturated carbocycles. The number of methoxy groups -OCH3 is 1. The highest BCUT2D eigenvalue weighted by Gasteiger charge is 2.10. The van der Waals surface area contributed by atoms with Crippen molar-refractivity contribution < 1.29 is 14.6 Å². The van der Waals surface area contributed by atoms with Gasteiger partial charge in [-0.1, -0.05) is 18.2 Å². The zero-order valence-corrected chi connectivity index (χ0v) is 11.5. The van der Waals surface area contributed by atoms with E-state index < -0.39 is 5.97 Å². The molecular weight excluding hydrogens is 254 g/mol. The van der Waals surface area contributed by atoms with Gasteiger partial charge in [0.25, 0.3) is 0 Å². The Bertz CT molecular complexity index is 623. The molecule has 0 atom stereocenters. The largest absolute Gasteiger partial charge is 0.478 e. The van der Waals surface area contributed by atoms with Gasteiger partial charge in [0.05, 0.1) is 17.9 Å². The van der Waals surface area contributed by atoms with E-state index >= 15 is 0 Å². The predicted octanol–water partition coefficient (Wildman–Crippen LogP) is 3.58. The van der Waals surface area contributed by atoms with E-state index in [1.165, 1.54) is 0 Å². The van der Waals surface area contributed by atoms with E-state index in [9.17, 15) is 9.90 Å². The summed E-state index contributed by atoms with van der Waals surface area (Å²) in [4.78, 5) is 11.2. The van der Waals surface area contributed by atoms with Crippen LogP contribution in [0.25, 0.3) is 0 Å². The number of hydrogen-bond acceptors (Lipinski definition) is 3. The molecule has 4 nitrogen and oxygen atoms in total. The highest BCUT2D eigenvalue weighted by molar-refractivity contribution is 5.95. The molecule has 2 aromatic rings. The summed E-state index contributed by atoms with van der Waals surface area (Å²) in [6.07, 6.45) is 0. The second kappa shape index (κ2) is 6.21. The van der Waals surface area contributed by atoms with Gasteiger partial charge in [-0.25, -0.2) is 4.79 Å². The van der Waals surface area contributed by atoms with Crippen LogP contribution in [-0.2, 0) is 11.3 Å². The van der Waals surface area contributed by atoms with Crippen LogP contribution in [0.3, 0.4) is 0 Å². The van der Waals surface area contributed by atoms with E-state index in [0.717, 1.165) is 16.8 Å². The second-order valence-electron chi connectivity index (χ2n) is 4.61. The van der Waals surface area contributed by atoms with Crippen molar-refractivity contribution >= 4 is 17.3 Å². The summed E-state index contributed by atoms with van der Waals surface area (Å²) in [6.45, 7) is 2.45. The Morgan fingerprint density at radius 3 is 2.75 bits per heavy atom. The lowest BCUT2D eigenvalue weighted by atomic mass is 10.1. The number of benzene rings is 2. The zero-order chi connectivity index (χ0) is 14.5. The smallest absolute Gasteiger partial charge is 0.337 e. The molecule has 0 saturated heterocycles. The van der Waals surface area contributed by atoms with Crippen LogP contribution in [0.5, 0.6) is 0 Å². The first-order chi connectivity index (χ1) is 9.60. The van der Waals surface area contributed by atoms with Gasteiger partial charge in [0.1, 0.15) is 0 Å². The molecule has 0 bridgehead atoms. The fourth-order valence-corrected chi connectivity index (χ4v) is 2.01. The zero-order valence-electron chi connectivity index (χ0n) is 11.5. The average Bonchev–Trinajstić information content (AvgIpc) is 2.39. The lowest BCUT2D eigenvalue weighted by Crippen LogP contribution is -2.03. The number of rotatable bonds is 5. The third kappa shape index (κ3) is 3.36. The summed E-state index contributed by atoms with van der Waals surface area (Å²) in [6, 6.07) is 12.9. The number of aromatic carboxylic acids is 1. The lowest BCUT2D eigenvalue weighted by Gasteiger charge is -2.11. The van der Waals surface area contributed by atoms with E-state index in [2.05, 4.69) is 5.32 Å². The van der Waals surface area contributed by atoms with Gasteiger partial charge in [-0.3, -0.25) is 0 Å². The maximum atomic E-state index is 11.2. The van der Waals surface area contributed by atoms with Crippen LogP contribution in [0.2, 0.25) is 0 Å². The Hall–Kier alpha value is -2.33. The lowest BCUT2D eigenvalue weighted by molar-refractivity contribution is 0.0698. The first kappa shape index (κ1) is 14.1. The molecule has 0 aromatic heterocycles. The van der Waals surface area contributed by atoms with Crippen LogP contribution in [0.4, 0.5) is 11.4 Å². The Kier molecular flexibility index (Phi) is 4.38. The molecule has 2 rings (SSSR count). The highest BCUT2D eigenvalue weighted by atomic mass is 16.5. The Labute approximate surface area is 118 Å². The summed E-state index contributed by atoms with van der Waals surface area (Å²) in [5.74, 6) is -0.944. The van der Waals surface area contributed by atoms with Crippen molar-refractivity contribution in [3.8, 4) is 0 Å². The number of nitrogens with one attached hydrogen (secondary N) is 1. The van der Waals surface area contributed by atoms with Crippen LogP contribution in [0.1, 0.15) is 21.5 Å². The Morgan fingerprint density at radius 2 is 2.05 bits per heavy atom. The molecule has 0 fully saturated rings. The van der Waals surface area contributed by atoms with Crippen LogP contribution in [0, 0.1) is 6.92 Å². The maximum absolute atomic E-state index is 11.2. The fraction of sp³-hybridized carbons (Fsp3) is 0.188. The van der Waals surface area contributed by atoms with E-state index in [0.29, 0.717) is 12.3 Å². The van der Waals surface area contributed by atoms with Gasteiger partial charge >= 0.3 is 5.97 Å². The van der Waals surface area contributed by atoms with Crippen LogP contribution < -0.4 is 5.32 Å². The number of aryl methyl sites for hydroxylation is 1. The minimum atomic E-state index is -0.944. The topological polar surface area (TPSA) is 58.6 Å². The van der Waals surface area contributed by atoms with Crippen molar-refractivity contribution in [1.82, 2.24) is 0 Å². The Balaban J connectivity index is 2.31. The number of carboxylic acid groups (broad SMARTS) is 1. The SMILES string of the molecule is COCc1cccc(Nc2cc(C)ccc2C(=O)O)c1. The van der Waals surface area contributed by atoms with Gasteiger partial charge in [0, 0.05) is 12.8 Å². The Morgan fingerprint density at radius 1 is 1.25 bits per heavy atom. The highest BCUT2D eigenvalue weighted by Crippen LogP contribution is 2.23. The normalized spacial score (nSPS) is 10.3. The standard InChI is InChI=1S/C16H17NO3/c1-11-6-7-14(16(18)19)15(8-11)17-13-5-3-4-12(9-13)10-20-2/h3-9,17H,10H2,1-2H3,(H,18,19). The molecule has 0 spiro atoms. The van der Waals surface area contributed by atoms with Gasteiger partial charge in [-0.2, -0.15) is 0 Å². The molecule has 104 valence electrons. The number of hydrogen-bond donors (Lipinski definition) is 2. The minimum absolute atomic E-state index is 0.257. The summed E-state index contributed by atoms with van der Waals surface area (Å²) >= 11 is 0. The quantitative estimate of drug-likeness (QED) is 0.872. The average molecular weight is 271 g/mol. The van der Waals surface area contributed by atoms with Crippen LogP contribution >= 0.6 is 0 Å². The number of carbonyl (C=O) groups is 1. The van der Waals surface area contributed by atoms with Gasteiger partial charge in [-0.05, 0) is 42.3 Å². The molecule has 0 heterocycles. The van der Waals surface area contributed by atoms with Gasteiger partial charge in [-0.15, -0.1) is 0 Å². The minimum Gasteiger partial charge on any atom is -0.478 e. The second-order valence-corrected chi connectivity index (χ2v) is 4.61. The molecule has 20 heavy (non-hydrogen) atoms. The molecule has 2 N–H and O–H groups in total. The molecule has 0 radical (unpaired) electrons. The van der Waals surface area contributed by atoms with Crippen molar-refractivity contribution in [1.29, 1.82) is 0 Å². The predicted molar refractivity (Wildman–Crippen MR) is 78.6 cm³/mol. The third-order valence-electron chi connectivity index (χ3n) is 2.92. The monoisotopic (exact) mass is 271 g/mol. The van der Waals surface area contributed by atoms with Gasteiger partial charge in [0.2, 0.25) is 0 Å². The van der Waals surface area contributed by atoms with E-state index in [4.69, 9.17) is 4.74 Å². The molecule has 0 unspecified atom stereocenters. The summed E-state index contributed by atoms with van der Waals surface area (Å²) in [7, 11) is 1.64. The van der Waals surface area contributed by atoms with Crippen molar-refractivity contribution in [3.63, 3.8) is 0 Å². The molecule has 0 amide bonds. The van der Waals surface area contributed by atoms with E-state index in [1.54, 1.807) is 19.2 Å². The molecule has 0 aliphatic rings. The number of carboxylic acids is 1. The van der Waals surface area contributed by atoms with Crippen LogP contribution in [0.15, 0.2) is 42.5 Å². The van der Waals surface area contributed by atoms with Crippen molar-refractivity contribution in [2.24, 2.45) is 0 Å². The summed E-state index contributed by atoms with van der Waals surface area (Å²) in [5, 5.41) is 12.4. The third-order valence-corrected chi connectivity index (χ3v) is 2.92. The van der Waals surface area contributed by atoms with E-state index in [-0.39, 0.29) is 5.56 Å². The van der Waals surface area contributed by atoms with E-state index in [1.807, 2.05) is 37.3 Å².